The molecule has 1 atom stereocenters. The van der Waals surface area contributed by atoms with Crippen LogP contribution in [0.5, 0.6) is 5.75 Å². The third-order valence-electron chi connectivity index (χ3n) is 4.59. The Balaban J connectivity index is 1.56. The summed E-state index contributed by atoms with van der Waals surface area (Å²) < 4.78 is 0. The summed E-state index contributed by atoms with van der Waals surface area (Å²) in [6, 6.07) is 11.9. The maximum Gasteiger partial charge on any atom is 0.241 e. The monoisotopic (exact) mass is 393 g/mol. The molecule has 2 N–H and O–H groups in total. The molecule has 0 saturated carbocycles. The number of phenols is 1. The van der Waals surface area contributed by atoms with E-state index in [1.165, 1.54) is 0 Å². The second kappa shape index (κ2) is 8.16. The second-order valence-corrected chi connectivity index (χ2v) is 7.24. The number of hydrogen-bond donors (Lipinski definition) is 2. The molecule has 1 aliphatic heterocycles. The van der Waals surface area contributed by atoms with Gasteiger partial charge < -0.3 is 15.3 Å². The average Bonchev–Trinajstić information content (AvgIpc) is 2.61. The van der Waals surface area contributed by atoms with Crippen LogP contribution in [-0.2, 0) is 4.79 Å². The molecule has 1 heterocycles. The highest BCUT2D eigenvalue weighted by Crippen LogP contribution is 2.23. The van der Waals surface area contributed by atoms with Gasteiger partial charge in [-0.2, -0.15) is 0 Å². The Morgan fingerprint density at radius 3 is 2.19 bits per heavy atom. The van der Waals surface area contributed by atoms with Gasteiger partial charge in [-0.05, 0) is 49.4 Å². The van der Waals surface area contributed by atoms with Crippen LogP contribution in [-0.4, -0.2) is 48.1 Å². The smallest absolute Gasteiger partial charge is 0.241 e. The van der Waals surface area contributed by atoms with Crippen molar-refractivity contribution in [1.82, 2.24) is 4.90 Å². The van der Waals surface area contributed by atoms with E-state index >= 15 is 0 Å². The first-order chi connectivity index (χ1) is 12.4. The van der Waals surface area contributed by atoms with Crippen molar-refractivity contribution in [3.63, 3.8) is 0 Å². The van der Waals surface area contributed by atoms with Crippen LogP contribution in [0.15, 0.2) is 42.5 Å². The van der Waals surface area contributed by atoms with Crippen molar-refractivity contribution in [2.24, 2.45) is 0 Å². The van der Waals surface area contributed by atoms with Crippen molar-refractivity contribution >= 4 is 40.5 Å². The molecule has 5 nitrogen and oxygen atoms in total. The van der Waals surface area contributed by atoms with E-state index in [-0.39, 0.29) is 17.7 Å². The van der Waals surface area contributed by atoms with E-state index in [4.69, 9.17) is 23.2 Å². The van der Waals surface area contributed by atoms with E-state index in [9.17, 15) is 9.90 Å². The Labute approximate surface area is 163 Å². The number of halogens is 2. The lowest BCUT2D eigenvalue weighted by atomic mass is 10.2. The zero-order valence-electron chi connectivity index (χ0n) is 14.5. The van der Waals surface area contributed by atoms with E-state index in [0.717, 1.165) is 31.9 Å². The fraction of sp³-hybridized carbons (Fsp3) is 0.316. The highest BCUT2D eigenvalue weighted by atomic mass is 35.5. The molecular formula is C19H21Cl2N3O2. The summed E-state index contributed by atoms with van der Waals surface area (Å²) in [4.78, 5) is 16.9. The summed E-state index contributed by atoms with van der Waals surface area (Å²) in [5.74, 6) is 0.181. The van der Waals surface area contributed by atoms with Gasteiger partial charge in [0.25, 0.3) is 0 Å². The molecule has 0 aromatic heterocycles. The van der Waals surface area contributed by atoms with E-state index in [1.807, 2.05) is 19.1 Å². The molecule has 7 heteroatoms. The topological polar surface area (TPSA) is 55.8 Å². The van der Waals surface area contributed by atoms with Gasteiger partial charge in [-0.3, -0.25) is 9.69 Å². The number of phenolic OH excluding ortho intramolecular Hbond substituents is 1. The molecule has 1 aliphatic rings. The first-order valence-electron chi connectivity index (χ1n) is 8.47. The quantitative estimate of drug-likeness (QED) is 0.827. The van der Waals surface area contributed by atoms with E-state index in [2.05, 4.69) is 15.1 Å². The van der Waals surface area contributed by atoms with Gasteiger partial charge in [0.15, 0.2) is 0 Å². The summed E-state index contributed by atoms with van der Waals surface area (Å²) in [6.45, 7) is 5.12. The standard InChI is InChI=1S/C19H21Cl2N3O2/c1-13(19(26)22-16-11-14(20)10-15(21)12-16)23-6-8-24(9-7-23)17-2-4-18(25)5-3-17/h2-5,10-13,25H,6-9H2,1H3,(H,22,26). The number of amides is 1. The summed E-state index contributed by atoms with van der Waals surface area (Å²) in [5.41, 5.74) is 1.68. The van der Waals surface area contributed by atoms with E-state index in [1.54, 1.807) is 30.3 Å². The number of anilines is 2. The minimum Gasteiger partial charge on any atom is -0.508 e. The SMILES string of the molecule is CC(C(=O)Nc1cc(Cl)cc(Cl)c1)N1CCN(c2ccc(O)cc2)CC1. The molecule has 0 aliphatic carbocycles. The first-order valence-corrected chi connectivity index (χ1v) is 9.23. The number of piperazine rings is 1. The van der Waals surface area contributed by atoms with Crippen LogP contribution in [0.25, 0.3) is 0 Å². The summed E-state index contributed by atoms with van der Waals surface area (Å²) in [6.07, 6.45) is 0. The lowest BCUT2D eigenvalue weighted by Gasteiger charge is -2.38. The van der Waals surface area contributed by atoms with Crippen LogP contribution in [0.2, 0.25) is 10.0 Å². The number of hydrogen-bond acceptors (Lipinski definition) is 4. The summed E-state index contributed by atoms with van der Waals surface area (Å²) >= 11 is 12.0. The largest absolute Gasteiger partial charge is 0.508 e. The van der Waals surface area contributed by atoms with Crippen LogP contribution in [0.3, 0.4) is 0 Å². The van der Waals surface area contributed by atoms with Crippen molar-refractivity contribution in [2.45, 2.75) is 13.0 Å². The molecule has 3 rings (SSSR count). The van der Waals surface area contributed by atoms with Crippen molar-refractivity contribution in [1.29, 1.82) is 0 Å². The maximum absolute atomic E-state index is 12.5. The molecule has 0 spiro atoms. The van der Waals surface area contributed by atoms with E-state index in [0.29, 0.717) is 15.7 Å². The zero-order chi connectivity index (χ0) is 18.7. The Morgan fingerprint density at radius 2 is 1.62 bits per heavy atom. The fourth-order valence-corrected chi connectivity index (χ4v) is 3.60. The minimum absolute atomic E-state index is 0.0820. The number of nitrogens with zero attached hydrogens (tertiary/aromatic N) is 2. The first kappa shape index (κ1) is 18.8. The summed E-state index contributed by atoms with van der Waals surface area (Å²) in [7, 11) is 0. The summed E-state index contributed by atoms with van der Waals surface area (Å²) in [5, 5.41) is 13.3. The Kier molecular flexibility index (Phi) is 5.91. The number of benzene rings is 2. The van der Waals surface area contributed by atoms with Gasteiger partial charge in [0, 0.05) is 47.6 Å². The fourth-order valence-electron chi connectivity index (χ4n) is 3.07. The van der Waals surface area contributed by atoms with Crippen LogP contribution in [0.1, 0.15) is 6.92 Å². The second-order valence-electron chi connectivity index (χ2n) is 6.36. The molecule has 0 bridgehead atoms. The number of rotatable bonds is 4. The number of carbonyl (C=O) groups is 1. The van der Waals surface area contributed by atoms with Gasteiger partial charge in [-0.15, -0.1) is 0 Å². The molecule has 2 aromatic carbocycles. The molecule has 1 fully saturated rings. The molecule has 26 heavy (non-hydrogen) atoms. The van der Waals surface area contributed by atoms with Crippen molar-refractivity contribution in [3.8, 4) is 5.75 Å². The normalized spacial score (nSPS) is 16.3. The Hall–Kier alpha value is -1.95. The highest BCUT2D eigenvalue weighted by molar-refractivity contribution is 6.35. The predicted octanol–water partition coefficient (Wildman–Crippen LogP) is 3.85. The lowest BCUT2D eigenvalue weighted by Crippen LogP contribution is -2.52. The molecule has 138 valence electrons. The molecule has 1 amide bonds. The van der Waals surface area contributed by atoms with E-state index < -0.39 is 0 Å². The molecular weight excluding hydrogens is 373 g/mol. The number of nitrogens with one attached hydrogen (secondary N) is 1. The van der Waals surface area contributed by atoms with Gasteiger partial charge in [-0.1, -0.05) is 23.2 Å². The van der Waals surface area contributed by atoms with Crippen LogP contribution in [0.4, 0.5) is 11.4 Å². The zero-order valence-corrected chi connectivity index (χ0v) is 16.0. The van der Waals surface area contributed by atoms with Crippen molar-refractivity contribution in [2.75, 3.05) is 36.4 Å². The highest BCUT2D eigenvalue weighted by Gasteiger charge is 2.25. The Morgan fingerprint density at radius 1 is 1.04 bits per heavy atom. The third kappa shape index (κ3) is 4.61. The average molecular weight is 394 g/mol. The van der Waals surface area contributed by atoms with Crippen LogP contribution < -0.4 is 10.2 Å². The van der Waals surface area contributed by atoms with Gasteiger partial charge in [-0.25, -0.2) is 0 Å². The van der Waals surface area contributed by atoms with Gasteiger partial charge in [0.1, 0.15) is 5.75 Å². The Bertz CT molecular complexity index is 755. The number of aromatic hydroxyl groups is 1. The third-order valence-corrected chi connectivity index (χ3v) is 5.02. The molecule has 1 unspecified atom stereocenters. The van der Waals surface area contributed by atoms with Gasteiger partial charge in [0.05, 0.1) is 6.04 Å². The minimum atomic E-state index is -0.255. The van der Waals surface area contributed by atoms with Gasteiger partial charge in [0.2, 0.25) is 5.91 Å². The van der Waals surface area contributed by atoms with Crippen LogP contribution in [0, 0.1) is 0 Å². The van der Waals surface area contributed by atoms with Gasteiger partial charge >= 0.3 is 0 Å². The van der Waals surface area contributed by atoms with Crippen molar-refractivity contribution in [3.05, 3.63) is 52.5 Å². The maximum atomic E-state index is 12.5. The number of carbonyl (C=O) groups excluding carboxylic acids is 1. The lowest BCUT2D eigenvalue weighted by molar-refractivity contribution is -0.120. The van der Waals surface area contributed by atoms with Crippen LogP contribution >= 0.6 is 23.2 Å². The van der Waals surface area contributed by atoms with Crippen molar-refractivity contribution < 1.29 is 9.90 Å². The molecule has 2 aromatic rings. The predicted molar refractivity (Wildman–Crippen MR) is 106 cm³/mol. The molecule has 1 saturated heterocycles. The molecule has 0 radical (unpaired) electrons.